The number of rotatable bonds is 1. The number of hydrogen-bond donors (Lipinski definition) is 1. The van der Waals surface area contributed by atoms with Crippen molar-refractivity contribution in [3.63, 3.8) is 0 Å². The lowest BCUT2D eigenvalue weighted by atomic mass is 9.83. The third kappa shape index (κ3) is 2.53. The van der Waals surface area contributed by atoms with Gasteiger partial charge >= 0.3 is 0 Å². The monoisotopic (exact) mass is 141 g/mol. The molecule has 0 rings (SSSR count). The molecule has 0 unspecified atom stereocenters. The summed E-state index contributed by atoms with van der Waals surface area (Å²) >= 11 is 0. The molecule has 0 aliphatic heterocycles. The van der Waals surface area contributed by atoms with E-state index in [1.54, 1.807) is 0 Å². The third-order valence-corrected chi connectivity index (χ3v) is 1.88. The SMILES string of the molecule is C/C=C(\C)[C@H](N)C(C)(C)C. The molecule has 2 N–H and O–H groups in total. The summed E-state index contributed by atoms with van der Waals surface area (Å²) in [6.45, 7) is 10.6. The zero-order chi connectivity index (χ0) is 8.36. The van der Waals surface area contributed by atoms with Crippen LogP contribution >= 0.6 is 0 Å². The van der Waals surface area contributed by atoms with Crippen molar-refractivity contribution in [2.45, 2.75) is 40.7 Å². The fraction of sp³-hybridized carbons (Fsp3) is 0.778. The maximum Gasteiger partial charge on any atom is 0.0300 e. The van der Waals surface area contributed by atoms with Crippen molar-refractivity contribution in [1.29, 1.82) is 0 Å². The molecule has 0 amide bonds. The summed E-state index contributed by atoms with van der Waals surface area (Å²) in [5, 5.41) is 0. The van der Waals surface area contributed by atoms with Crippen LogP contribution in [0.4, 0.5) is 0 Å². The molecule has 0 radical (unpaired) electrons. The molecule has 0 saturated carbocycles. The van der Waals surface area contributed by atoms with Crippen LogP contribution in [0.25, 0.3) is 0 Å². The summed E-state index contributed by atoms with van der Waals surface area (Å²) in [5.74, 6) is 0. The van der Waals surface area contributed by atoms with Gasteiger partial charge in [-0.3, -0.25) is 0 Å². The molecule has 0 saturated heterocycles. The van der Waals surface area contributed by atoms with E-state index in [2.05, 4.69) is 33.8 Å². The van der Waals surface area contributed by atoms with Crippen LogP contribution in [0.3, 0.4) is 0 Å². The van der Waals surface area contributed by atoms with Gasteiger partial charge in [-0.15, -0.1) is 0 Å². The topological polar surface area (TPSA) is 26.0 Å². The Bertz CT molecular complexity index is 128. The Morgan fingerprint density at radius 2 is 1.80 bits per heavy atom. The predicted octanol–water partition coefficient (Wildman–Crippen LogP) is 2.33. The summed E-state index contributed by atoms with van der Waals surface area (Å²) in [7, 11) is 0. The normalized spacial score (nSPS) is 17.2. The fourth-order valence-electron chi connectivity index (χ4n) is 0.863. The van der Waals surface area contributed by atoms with E-state index in [1.165, 1.54) is 5.57 Å². The molecule has 1 heteroatoms. The van der Waals surface area contributed by atoms with E-state index in [-0.39, 0.29) is 11.5 Å². The van der Waals surface area contributed by atoms with Crippen molar-refractivity contribution in [1.82, 2.24) is 0 Å². The molecule has 0 aliphatic rings. The van der Waals surface area contributed by atoms with Gasteiger partial charge < -0.3 is 5.73 Å². The van der Waals surface area contributed by atoms with Crippen LogP contribution in [0.1, 0.15) is 34.6 Å². The quantitative estimate of drug-likeness (QED) is 0.557. The Labute approximate surface area is 64.3 Å². The molecule has 0 heterocycles. The maximum atomic E-state index is 5.94. The Morgan fingerprint density at radius 3 is 1.90 bits per heavy atom. The molecule has 0 aromatic carbocycles. The van der Waals surface area contributed by atoms with Crippen LogP contribution in [-0.2, 0) is 0 Å². The first-order chi connectivity index (χ1) is 4.39. The highest BCUT2D eigenvalue weighted by Gasteiger charge is 2.20. The first-order valence-electron chi connectivity index (χ1n) is 3.78. The summed E-state index contributed by atoms with van der Waals surface area (Å²) in [6.07, 6.45) is 2.08. The minimum atomic E-state index is 0.191. The fourth-order valence-corrected chi connectivity index (χ4v) is 0.863. The van der Waals surface area contributed by atoms with Gasteiger partial charge in [0.1, 0.15) is 0 Å². The molecule has 0 aromatic rings. The second kappa shape index (κ2) is 3.20. The van der Waals surface area contributed by atoms with Crippen LogP contribution in [0.5, 0.6) is 0 Å². The maximum absolute atomic E-state index is 5.94. The van der Waals surface area contributed by atoms with Gasteiger partial charge in [0, 0.05) is 6.04 Å². The van der Waals surface area contributed by atoms with Gasteiger partial charge in [0.25, 0.3) is 0 Å². The van der Waals surface area contributed by atoms with E-state index in [1.807, 2.05) is 6.92 Å². The lowest BCUT2D eigenvalue weighted by Gasteiger charge is -2.27. The first kappa shape index (κ1) is 9.70. The average Bonchev–Trinajstić information content (AvgIpc) is 1.83. The zero-order valence-corrected chi connectivity index (χ0v) is 7.73. The molecule has 0 spiro atoms. The second-order valence-corrected chi connectivity index (χ2v) is 3.88. The minimum Gasteiger partial charge on any atom is -0.324 e. The summed E-state index contributed by atoms with van der Waals surface area (Å²) in [6, 6.07) is 0.192. The molecule has 1 atom stereocenters. The van der Waals surface area contributed by atoms with Gasteiger partial charge in [-0.05, 0) is 19.3 Å². The second-order valence-electron chi connectivity index (χ2n) is 3.88. The van der Waals surface area contributed by atoms with Crippen molar-refractivity contribution in [2.24, 2.45) is 11.1 Å². The molecule has 0 aliphatic carbocycles. The standard InChI is InChI=1S/C9H19N/c1-6-7(2)8(10)9(3,4)5/h6,8H,10H2,1-5H3/b7-6+/t8-/m0/s1. The highest BCUT2D eigenvalue weighted by Crippen LogP contribution is 2.22. The van der Waals surface area contributed by atoms with Crippen LogP contribution in [0.2, 0.25) is 0 Å². The van der Waals surface area contributed by atoms with Crippen molar-refractivity contribution in [3.05, 3.63) is 11.6 Å². The van der Waals surface area contributed by atoms with Gasteiger partial charge in [0.05, 0.1) is 0 Å². The van der Waals surface area contributed by atoms with E-state index in [0.29, 0.717) is 0 Å². The highest BCUT2D eigenvalue weighted by molar-refractivity contribution is 5.09. The lowest BCUT2D eigenvalue weighted by Crippen LogP contribution is -2.35. The smallest absolute Gasteiger partial charge is 0.0300 e. The van der Waals surface area contributed by atoms with E-state index in [4.69, 9.17) is 5.73 Å². The molecule has 0 bridgehead atoms. The zero-order valence-electron chi connectivity index (χ0n) is 7.73. The molecular formula is C9H19N. The van der Waals surface area contributed by atoms with Crippen LogP contribution < -0.4 is 5.73 Å². The summed E-state index contributed by atoms with van der Waals surface area (Å²) < 4.78 is 0. The lowest BCUT2D eigenvalue weighted by molar-refractivity contribution is 0.353. The number of hydrogen-bond acceptors (Lipinski definition) is 1. The van der Waals surface area contributed by atoms with Gasteiger partial charge in [-0.1, -0.05) is 32.4 Å². The van der Waals surface area contributed by atoms with Crippen molar-refractivity contribution < 1.29 is 0 Å². The van der Waals surface area contributed by atoms with Crippen LogP contribution in [0, 0.1) is 5.41 Å². The van der Waals surface area contributed by atoms with E-state index < -0.39 is 0 Å². The molecule has 60 valence electrons. The van der Waals surface area contributed by atoms with E-state index >= 15 is 0 Å². The van der Waals surface area contributed by atoms with E-state index in [9.17, 15) is 0 Å². The van der Waals surface area contributed by atoms with Gasteiger partial charge in [-0.2, -0.15) is 0 Å². The molecule has 0 aromatic heterocycles. The summed E-state index contributed by atoms with van der Waals surface area (Å²) in [5.41, 5.74) is 7.40. The van der Waals surface area contributed by atoms with Gasteiger partial charge in [0.2, 0.25) is 0 Å². The summed E-state index contributed by atoms with van der Waals surface area (Å²) in [4.78, 5) is 0. The van der Waals surface area contributed by atoms with Crippen LogP contribution in [-0.4, -0.2) is 6.04 Å². The van der Waals surface area contributed by atoms with Gasteiger partial charge in [-0.25, -0.2) is 0 Å². The number of allylic oxidation sites excluding steroid dienone is 1. The molecular weight excluding hydrogens is 122 g/mol. The predicted molar refractivity (Wildman–Crippen MR) is 46.9 cm³/mol. The van der Waals surface area contributed by atoms with Crippen molar-refractivity contribution in [3.8, 4) is 0 Å². The Morgan fingerprint density at radius 1 is 1.40 bits per heavy atom. The minimum absolute atomic E-state index is 0.191. The molecule has 1 nitrogen and oxygen atoms in total. The Hall–Kier alpha value is -0.300. The molecule has 0 fully saturated rings. The Balaban J connectivity index is 4.23. The largest absolute Gasteiger partial charge is 0.324 e. The van der Waals surface area contributed by atoms with E-state index in [0.717, 1.165) is 0 Å². The van der Waals surface area contributed by atoms with Crippen molar-refractivity contribution >= 4 is 0 Å². The van der Waals surface area contributed by atoms with Crippen molar-refractivity contribution in [2.75, 3.05) is 0 Å². The third-order valence-electron chi connectivity index (χ3n) is 1.88. The first-order valence-corrected chi connectivity index (χ1v) is 3.78. The van der Waals surface area contributed by atoms with Crippen LogP contribution in [0.15, 0.2) is 11.6 Å². The number of nitrogens with two attached hydrogens (primary N) is 1. The van der Waals surface area contributed by atoms with Gasteiger partial charge in [0.15, 0.2) is 0 Å². The molecule has 10 heavy (non-hydrogen) atoms. The highest BCUT2D eigenvalue weighted by atomic mass is 14.7. The Kier molecular flexibility index (Phi) is 3.10. The average molecular weight is 141 g/mol.